The van der Waals surface area contributed by atoms with Crippen LogP contribution >= 0.6 is 11.3 Å². The predicted octanol–water partition coefficient (Wildman–Crippen LogP) is 4.80. The number of nitrogens with zero attached hydrogens (tertiary/aromatic N) is 3. The molecule has 3 aromatic rings. The molecular weight excluding hydrogens is 387 g/mol. The van der Waals surface area contributed by atoms with Crippen LogP contribution in [0.1, 0.15) is 30.9 Å². The van der Waals surface area contributed by atoms with Gasteiger partial charge in [0.15, 0.2) is 0 Å². The number of nitrogens with one attached hydrogen (secondary N) is 1. The molecule has 0 amide bonds. The van der Waals surface area contributed by atoms with Gasteiger partial charge in [-0.1, -0.05) is 12.1 Å². The first-order chi connectivity index (χ1) is 14.3. The Morgan fingerprint density at radius 1 is 1.34 bits per heavy atom. The van der Waals surface area contributed by atoms with E-state index in [0.29, 0.717) is 11.6 Å². The number of thiazole rings is 1. The van der Waals surface area contributed by atoms with E-state index in [9.17, 15) is 4.39 Å². The number of piperidine rings is 1. The number of aromatic nitrogens is 2. The number of ether oxygens (including phenoxy) is 1. The lowest BCUT2D eigenvalue weighted by atomic mass is 9.95. The number of hydrogen-bond donors (Lipinski definition) is 1. The standard InChI is InChI=1S/C22H25FN4OS/c23-18-6-1-7-19(12-18)24-22-25-20(21-27(22)9-11-29-21)17-5-2-8-26(14-17)13-16-4-3-10-28-15-16/h1,4,6-7,9,11-12,17H,2-3,5,8,10,13-15H2,(H,24,25). The van der Waals surface area contributed by atoms with Gasteiger partial charge in [-0.3, -0.25) is 9.30 Å². The summed E-state index contributed by atoms with van der Waals surface area (Å²) in [5.41, 5.74) is 3.26. The molecule has 4 heterocycles. The third-order valence-electron chi connectivity index (χ3n) is 5.66. The van der Waals surface area contributed by atoms with E-state index in [4.69, 9.17) is 9.72 Å². The van der Waals surface area contributed by atoms with Gasteiger partial charge in [-0.05, 0) is 49.6 Å². The zero-order chi connectivity index (χ0) is 19.6. The fourth-order valence-electron chi connectivity index (χ4n) is 4.32. The second-order valence-electron chi connectivity index (χ2n) is 7.81. The smallest absolute Gasteiger partial charge is 0.213 e. The highest BCUT2D eigenvalue weighted by Gasteiger charge is 2.27. The Labute approximate surface area is 173 Å². The van der Waals surface area contributed by atoms with Gasteiger partial charge < -0.3 is 10.1 Å². The number of fused-ring (bicyclic) bond motifs is 1. The molecule has 152 valence electrons. The van der Waals surface area contributed by atoms with E-state index in [1.807, 2.05) is 12.3 Å². The zero-order valence-corrected chi connectivity index (χ0v) is 17.1. The molecule has 5 rings (SSSR count). The van der Waals surface area contributed by atoms with Crippen LogP contribution in [0.2, 0.25) is 0 Å². The fraction of sp³-hybridized carbons (Fsp3) is 0.409. The van der Waals surface area contributed by atoms with E-state index in [1.165, 1.54) is 29.0 Å². The highest BCUT2D eigenvalue weighted by Crippen LogP contribution is 2.34. The first kappa shape index (κ1) is 18.8. The van der Waals surface area contributed by atoms with Crippen molar-refractivity contribution in [3.8, 4) is 0 Å². The Morgan fingerprint density at radius 3 is 3.17 bits per heavy atom. The largest absolute Gasteiger partial charge is 0.377 e. The maximum Gasteiger partial charge on any atom is 0.213 e. The van der Waals surface area contributed by atoms with Crippen molar-refractivity contribution in [1.82, 2.24) is 14.3 Å². The molecule has 1 atom stereocenters. The molecule has 5 nitrogen and oxygen atoms in total. The Hall–Kier alpha value is -2.22. The van der Waals surface area contributed by atoms with Crippen molar-refractivity contribution in [2.75, 3.05) is 38.2 Å². The lowest BCUT2D eigenvalue weighted by Gasteiger charge is -2.33. The summed E-state index contributed by atoms with van der Waals surface area (Å²) < 4.78 is 21.3. The average Bonchev–Trinajstić information content (AvgIpc) is 3.33. The summed E-state index contributed by atoms with van der Waals surface area (Å²) in [5.74, 6) is 0.908. The van der Waals surface area contributed by atoms with Crippen LogP contribution in [0.25, 0.3) is 4.83 Å². The van der Waals surface area contributed by atoms with Gasteiger partial charge >= 0.3 is 0 Å². The molecule has 2 aliphatic heterocycles. The molecule has 2 aromatic heterocycles. The summed E-state index contributed by atoms with van der Waals surface area (Å²) >= 11 is 1.72. The highest BCUT2D eigenvalue weighted by atomic mass is 32.1. The average molecular weight is 413 g/mol. The van der Waals surface area contributed by atoms with Crippen molar-refractivity contribution < 1.29 is 9.13 Å². The predicted molar refractivity (Wildman–Crippen MR) is 115 cm³/mol. The number of benzene rings is 1. The second-order valence-corrected chi connectivity index (χ2v) is 8.71. The van der Waals surface area contributed by atoms with Gasteiger partial charge in [-0.15, -0.1) is 11.3 Å². The van der Waals surface area contributed by atoms with Crippen LogP contribution in [0.3, 0.4) is 0 Å². The van der Waals surface area contributed by atoms with E-state index in [-0.39, 0.29) is 5.82 Å². The van der Waals surface area contributed by atoms with Gasteiger partial charge in [0.2, 0.25) is 5.95 Å². The second kappa shape index (κ2) is 8.26. The first-order valence-electron chi connectivity index (χ1n) is 10.2. The molecule has 1 fully saturated rings. The van der Waals surface area contributed by atoms with Gasteiger partial charge in [-0.25, -0.2) is 9.37 Å². The molecule has 29 heavy (non-hydrogen) atoms. The van der Waals surface area contributed by atoms with Gasteiger partial charge in [-0.2, -0.15) is 0 Å². The maximum absolute atomic E-state index is 13.6. The lowest BCUT2D eigenvalue weighted by Crippen LogP contribution is -2.36. The number of anilines is 2. The van der Waals surface area contributed by atoms with Crippen molar-refractivity contribution >= 4 is 27.8 Å². The molecule has 0 bridgehead atoms. The Balaban J connectivity index is 1.37. The van der Waals surface area contributed by atoms with E-state index in [0.717, 1.165) is 57.3 Å². The summed E-state index contributed by atoms with van der Waals surface area (Å²) in [6.07, 6.45) is 7.72. The van der Waals surface area contributed by atoms with Crippen LogP contribution in [-0.4, -0.2) is 47.1 Å². The maximum atomic E-state index is 13.6. The van der Waals surface area contributed by atoms with Crippen LogP contribution in [0, 0.1) is 5.82 Å². The number of likely N-dealkylation sites (tertiary alicyclic amines) is 1. The molecule has 1 aromatic carbocycles. The van der Waals surface area contributed by atoms with E-state index < -0.39 is 0 Å². The van der Waals surface area contributed by atoms with Gasteiger partial charge in [0.1, 0.15) is 10.6 Å². The minimum Gasteiger partial charge on any atom is -0.377 e. The Bertz CT molecular complexity index is 1030. The van der Waals surface area contributed by atoms with E-state index >= 15 is 0 Å². The van der Waals surface area contributed by atoms with Crippen molar-refractivity contribution in [3.05, 3.63) is 59.0 Å². The topological polar surface area (TPSA) is 41.8 Å². The molecular formula is C22H25FN4OS. The molecule has 7 heteroatoms. The Kier molecular flexibility index (Phi) is 5.35. The molecule has 0 aliphatic carbocycles. The summed E-state index contributed by atoms with van der Waals surface area (Å²) in [7, 11) is 0. The lowest BCUT2D eigenvalue weighted by molar-refractivity contribution is 0.137. The van der Waals surface area contributed by atoms with Crippen LogP contribution in [0.4, 0.5) is 16.0 Å². The molecule has 1 unspecified atom stereocenters. The van der Waals surface area contributed by atoms with Crippen molar-refractivity contribution in [3.63, 3.8) is 0 Å². The van der Waals surface area contributed by atoms with Crippen LogP contribution in [-0.2, 0) is 4.74 Å². The van der Waals surface area contributed by atoms with Gasteiger partial charge in [0.05, 0.1) is 18.9 Å². The third kappa shape index (κ3) is 4.08. The van der Waals surface area contributed by atoms with Crippen LogP contribution in [0.15, 0.2) is 47.5 Å². The minimum absolute atomic E-state index is 0.253. The van der Waals surface area contributed by atoms with Gasteiger partial charge in [0.25, 0.3) is 0 Å². The molecule has 0 saturated carbocycles. The van der Waals surface area contributed by atoms with E-state index in [1.54, 1.807) is 17.4 Å². The van der Waals surface area contributed by atoms with E-state index in [2.05, 4.69) is 26.1 Å². The third-order valence-corrected chi connectivity index (χ3v) is 6.55. The number of imidazole rings is 1. The molecule has 1 N–H and O–H groups in total. The SMILES string of the molecule is Fc1cccc(Nc2nc(C3CCCN(CC4=CCCOC4)C3)c3sccn23)c1. The zero-order valence-electron chi connectivity index (χ0n) is 16.3. The summed E-state index contributed by atoms with van der Waals surface area (Å²) in [5, 5.41) is 5.37. The first-order valence-corrected chi connectivity index (χ1v) is 11.1. The molecule has 0 spiro atoms. The highest BCUT2D eigenvalue weighted by molar-refractivity contribution is 7.15. The summed E-state index contributed by atoms with van der Waals surface area (Å²) in [6.45, 7) is 4.75. The molecule has 2 aliphatic rings. The normalized spacial score (nSPS) is 20.7. The quantitative estimate of drug-likeness (QED) is 0.611. The molecule has 1 saturated heterocycles. The van der Waals surface area contributed by atoms with Gasteiger partial charge in [0, 0.05) is 36.3 Å². The number of hydrogen-bond acceptors (Lipinski definition) is 5. The molecule has 0 radical (unpaired) electrons. The fourth-order valence-corrected chi connectivity index (χ4v) is 5.23. The minimum atomic E-state index is -0.253. The Morgan fingerprint density at radius 2 is 2.31 bits per heavy atom. The summed E-state index contributed by atoms with van der Waals surface area (Å²) in [4.78, 5) is 8.66. The van der Waals surface area contributed by atoms with Crippen molar-refractivity contribution in [2.24, 2.45) is 0 Å². The summed E-state index contributed by atoms with van der Waals surface area (Å²) in [6, 6.07) is 6.51. The number of rotatable bonds is 5. The number of halogens is 1. The van der Waals surface area contributed by atoms with Crippen LogP contribution in [0.5, 0.6) is 0 Å². The van der Waals surface area contributed by atoms with Crippen molar-refractivity contribution in [2.45, 2.75) is 25.2 Å². The monoisotopic (exact) mass is 412 g/mol. The van der Waals surface area contributed by atoms with Crippen LogP contribution < -0.4 is 5.32 Å². The van der Waals surface area contributed by atoms with Crippen molar-refractivity contribution in [1.29, 1.82) is 0 Å².